The van der Waals surface area contributed by atoms with E-state index in [-0.39, 0.29) is 11.9 Å². The number of nitrogens with zero attached hydrogens (tertiary/aromatic N) is 1. The Morgan fingerprint density at radius 2 is 1.86 bits per heavy atom. The fourth-order valence-electron chi connectivity index (χ4n) is 3.12. The summed E-state index contributed by atoms with van der Waals surface area (Å²) >= 11 is 0. The molecule has 0 spiro atoms. The monoisotopic (exact) mass is 285 g/mol. The Morgan fingerprint density at radius 1 is 1.24 bits per heavy atom. The summed E-state index contributed by atoms with van der Waals surface area (Å²) in [6.07, 6.45) is 2.46. The minimum atomic E-state index is 0.00176. The van der Waals surface area contributed by atoms with Gasteiger partial charge in [0, 0.05) is 24.0 Å². The van der Waals surface area contributed by atoms with Gasteiger partial charge in [0.05, 0.1) is 0 Å². The number of amides is 1. The number of rotatable bonds is 3. The first kappa shape index (κ1) is 14.2. The molecule has 0 radical (unpaired) electrons. The van der Waals surface area contributed by atoms with E-state index >= 15 is 0 Å². The summed E-state index contributed by atoms with van der Waals surface area (Å²) in [4.78, 5) is 14.6. The van der Waals surface area contributed by atoms with Crippen molar-refractivity contribution in [1.29, 1.82) is 0 Å². The fraction of sp³-hybridized carbons (Fsp3) is 0.500. The van der Waals surface area contributed by atoms with Crippen molar-refractivity contribution in [3.8, 4) is 0 Å². The Hall–Kier alpha value is -1.77. The SMILES string of the molecule is Cc1ccc(C)c2c(C)c(C(=O)N(C)C(C)C3CC3)oc12. The van der Waals surface area contributed by atoms with Gasteiger partial charge in [0.15, 0.2) is 5.76 Å². The van der Waals surface area contributed by atoms with Gasteiger partial charge in [-0.2, -0.15) is 0 Å². The Kier molecular flexibility index (Phi) is 3.31. The van der Waals surface area contributed by atoms with Crippen LogP contribution in [0.5, 0.6) is 0 Å². The summed E-state index contributed by atoms with van der Waals surface area (Å²) in [5, 5.41) is 1.09. The van der Waals surface area contributed by atoms with Gasteiger partial charge in [0.1, 0.15) is 5.58 Å². The maximum Gasteiger partial charge on any atom is 0.289 e. The van der Waals surface area contributed by atoms with Crippen LogP contribution in [0, 0.1) is 26.7 Å². The van der Waals surface area contributed by atoms with Gasteiger partial charge in [-0.1, -0.05) is 12.1 Å². The van der Waals surface area contributed by atoms with Crippen molar-refractivity contribution < 1.29 is 9.21 Å². The summed E-state index contributed by atoms with van der Waals surface area (Å²) < 4.78 is 5.95. The van der Waals surface area contributed by atoms with E-state index in [1.165, 1.54) is 12.8 Å². The van der Waals surface area contributed by atoms with E-state index in [0.717, 1.165) is 27.7 Å². The zero-order valence-electron chi connectivity index (χ0n) is 13.5. The van der Waals surface area contributed by atoms with Crippen molar-refractivity contribution in [2.75, 3.05) is 7.05 Å². The highest BCUT2D eigenvalue weighted by Gasteiger charge is 2.34. The van der Waals surface area contributed by atoms with Crippen molar-refractivity contribution in [3.05, 3.63) is 34.6 Å². The van der Waals surface area contributed by atoms with Crippen molar-refractivity contribution >= 4 is 16.9 Å². The molecule has 1 aromatic carbocycles. The fourth-order valence-corrected chi connectivity index (χ4v) is 3.12. The first-order chi connectivity index (χ1) is 9.91. The summed E-state index contributed by atoms with van der Waals surface area (Å²) in [7, 11) is 1.89. The highest BCUT2D eigenvalue weighted by atomic mass is 16.3. The summed E-state index contributed by atoms with van der Waals surface area (Å²) in [5.74, 6) is 1.16. The summed E-state index contributed by atoms with van der Waals surface area (Å²) in [5.41, 5.74) is 4.05. The number of hydrogen-bond acceptors (Lipinski definition) is 2. The van der Waals surface area contributed by atoms with E-state index in [4.69, 9.17) is 4.42 Å². The highest BCUT2D eigenvalue weighted by Crippen LogP contribution is 2.36. The Bertz CT molecular complexity index is 710. The third-order valence-corrected chi connectivity index (χ3v) is 4.91. The molecular formula is C18H23NO2. The van der Waals surface area contributed by atoms with Gasteiger partial charge in [-0.05, 0) is 57.6 Å². The van der Waals surface area contributed by atoms with E-state index in [0.29, 0.717) is 11.7 Å². The van der Waals surface area contributed by atoms with Crippen molar-refractivity contribution in [2.24, 2.45) is 5.92 Å². The van der Waals surface area contributed by atoms with Crippen LogP contribution in [0.1, 0.15) is 47.0 Å². The molecule has 1 atom stereocenters. The molecule has 0 N–H and O–H groups in total. The van der Waals surface area contributed by atoms with Crippen molar-refractivity contribution in [1.82, 2.24) is 4.90 Å². The van der Waals surface area contributed by atoms with Crippen LogP contribution in [0.3, 0.4) is 0 Å². The minimum Gasteiger partial charge on any atom is -0.450 e. The number of carbonyl (C=O) groups excluding carboxylic acids is 1. The van der Waals surface area contributed by atoms with Crippen LogP contribution in [0.2, 0.25) is 0 Å². The molecule has 0 bridgehead atoms. The van der Waals surface area contributed by atoms with Crippen LogP contribution in [-0.2, 0) is 0 Å². The van der Waals surface area contributed by atoms with E-state index in [1.54, 1.807) is 0 Å². The zero-order valence-corrected chi connectivity index (χ0v) is 13.5. The van der Waals surface area contributed by atoms with Gasteiger partial charge in [0.2, 0.25) is 0 Å². The molecular weight excluding hydrogens is 262 g/mol. The lowest BCUT2D eigenvalue weighted by atomic mass is 10.0. The number of furan rings is 1. The standard InChI is InChI=1S/C18H23NO2/c1-10-6-7-11(2)16-15(10)12(3)17(21-16)18(20)19(5)13(4)14-8-9-14/h6-7,13-14H,8-9H2,1-5H3. The molecule has 112 valence electrons. The lowest BCUT2D eigenvalue weighted by molar-refractivity contribution is 0.0696. The van der Waals surface area contributed by atoms with Gasteiger partial charge in [-0.15, -0.1) is 0 Å². The molecule has 1 aromatic heterocycles. The molecule has 1 heterocycles. The molecule has 0 aliphatic heterocycles. The first-order valence-corrected chi connectivity index (χ1v) is 7.68. The summed E-state index contributed by atoms with van der Waals surface area (Å²) in [6.45, 7) is 8.20. The van der Waals surface area contributed by atoms with Crippen LogP contribution < -0.4 is 0 Å². The minimum absolute atomic E-state index is 0.00176. The van der Waals surface area contributed by atoms with Gasteiger partial charge in [-0.25, -0.2) is 0 Å². The van der Waals surface area contributed by atoms with Gasteiger partial charge < -0.3 is 9.32 Å². The van der Waals surface area contributed by atoms with Gasteiger partial charge in [0.25, 0.3) is 5.91 Å². The van der Waals surface area contributed by atoms with Gasteiger partial charge >= 0.3 is 0 Å². The average Bonchev–Trinajstić information content (AvgIpc) is 3.24. The number of fused-ring (bicyclic) bond motifs is 1. The molecule has 2 aromatic rings. The zero-order chi connectivity index (χ0) is 15.3. The lowest BCUT2D eigenvalue weighted by Gasteiger charge is -2.24. The Labute approximate surface area is 125 Å². The van der Waals surface area contributed by atoms with E-state index in [1.807, 2.05) is 31.9 Å². The largest absolute Gasteiger partial charge is 0.450 e. The maximum absolute atomic E-state index is 12.8. The van der Waals surface area contributed by atoms with Crippen LogP contribution in [0.4, 0.5) is 0 Å². The predicted molar refractivity (Wildman–Crippen MR) is 84.7 cm³/mol. The maximum atomic E-state index is 12.8. The molecule has 1 aliphatic rings. The van der Waals surface area contributed by atoms with Crippen LogP contribution in [0.25, 0.3) is 11.0 Å². The number of aryl methyl sites for hydroxylation is 3. The molecule has 3 nitrogen and oxygen atoms in total. The molecule has 0 saturated heterocycles. The number of benzene rings is 1. The second kappa shape index (κ2) is 4.90. The van der Waals surface area contributed by atoms with E-state index < -0.39 is 0 Å². The normalized spacial score (nSPS) is 16.2. The summed E-state index contributed by atoms with van der Waals surface area (Å²) in [6, 6.07) is 4.42. The molecule has 1 unspecified atom stereocenters. The van der Waals surface area contributed by atoms with Crippen LogP contribution >= 0.6 is 0 Å². The molecule has 3 rings (SSSR count). The molecule has 1 saturated carbocycles. The van der Waals surface area contributed by atoms with Crippen LogP contribution in [-0.4, -0.2) is 23.9 Å². The molecule has 1 aliphatic carbocycles. The molecule has 1 amide bonds. The van der Waals surface area contributed by atoms with E-state index in [2.05, 4.69) is 19.9 Å². The van der Waals surface area contributed by atoms with Crippen molar-refractivity contribution in [2.45, 2.75) is 46.6 Å². The predicted octanol–water partition coefficient (Wildman–Crippen LogP) is 4.23. The topological polar surface area (TPSA) is 33.5 Å². The quantitative estimate of drug-likeness (QED) is 0.845. The van der Waals surface area contributed by atoms with E-state index in [9.17, 15) is 4.79 Å². The smallest absolute Gasteiger partial charge is 0.289 e. The first-order valence-electron chi connectivity index (χ1n) is 7.68. The molecule has 21 heavy (non-hydrogen) atoms. The third-order valence-electron chi connectivity index (χ3n) is 4.91. The number of carbonyl (C=O) groups is 1. The second-order valence-electron chi connectivity index (χ2n) is 6.45. The average molecular weight is 285 g/mol. The highest BCUT2D eigenvalue weighted by molar-refractivity contribution is 6.00. The lowest BCUT2D eigenvalue weighted by Crippen LogP contribution is -2.36. The Balaban J connectivity index is 2.04. The van der Waals surface area contributed by atoms with Crippen LogP contribution in [0.15, 0.2) is 16.5 Å². The Morgan fingerprint density at radius 3 is 2.43 bits per heavy atom. The van der Waals surface area contributed by atoms with Crippen molar-refractivity contribution in [3.63, 3.8) is 0 Å². The molecule has 3 heteroatoms. The number of hydrogen-bond donors (Lipinski definition) is 0. The molecule has 1 fully saturated rings. The third kappa shape index (κ3) is 2.25. The second-order valence-corrected chi connectivity index (χ2v) is 6.45. The van der Waals surface area contributed by atoms with Gasteiger partial charge in [-0.3, -0.25) is 4.79 Å².